The fraction of sp³-hybridized carbons (Fsp3) is 0.226. The number of pyridine rings is 1. The van der Waals surface area contributed by atoms with Crippen LogP contribution in [0.4, 0.5) is 0 Å². The van der Waals surface area contributed by atoms with Crippen LogP contribution in [0, 0.1) is 19.8 Å². The van der Waals surface area contributed by atoms with Gasteiger partial charge in [0.25, 0.3) is 5.56 Å². The van der Waals surface area contributed by atoms with Crippen molar-refractivity contribution < 1.29 is 9.47 Å². The van der Waals surface area contributed by atoms with Crippen molar-refractivity contribution in [2.24, 2.45) is 26.7 Å². The number of ether oxygens (including phenoxy) is 2. The topological polar surface area (TPSA) is 107 Å². The van der Waals surface area contributed by atoms with E-state index in [-0.39, 0.29) is 11.5 Å². The molecule has 6 rings (SSSR count). The minimum Gasteiger partial charge on any atom is -0.493 e. The molecule has 4 aromatic rings. The van der Waals surface area contributed by atoms with Gasteiger partial charge in [-0.3, -0.25) is 14.4 Å². The zero-order valence-electron chi connectivity index (χ0n) is 22.8. The number of aryl methyl sites for hydroxylation is 2. The molecule has 202 valence electrons. The molecule has 3 heterocycles. The van der Waals surface area contributed by atoms with Crippen molar-refractivity contribution in [2.75, 3.05) is 14.2 Å². The number of hydrazone groups is 1. The summed E-state index contributed by atoms with van der Waals surface area (Å²) in [4.78, 5) is 23.0. The summed E-state index contributed by atoms with van der Waals surface area (Å²) in [6.45, 7) is 4.31. The second-order valence-electron chi connectivity index (χ2n) is 9.96. The van der Waals surface area contributed by atoms with Crippen LogP contribution in [-0.4, -0.2) is 47.8 Å². The van der Waals surface area contributed by atoms with Crippen LogP contribution in [0.5, 0.6) is 11.5 Å². The Bertz CT molecular complexity index is 1790. The number of nitrogens with zero attached hydrogens (tertiary/aromatic N) is 5. The standard InChI is InChI=1S/C31H30N6O3/c1-18-8-5-6-11-23(18)37-22(14-20-10-7-9-19(2)26(20)31(37)38)16-36-30-27(29(32)33-17-34-30)28(35-36)21-12-13-24(39-3)25(15-21)40-4/h5-15,17,27,30H,16H2,1-4H3,(H2,32,33,34). The molecule has 0 saturated carbocycles. The number of hydrogen-bond acceptors (Lipinski definition) is 8. The largest absolute Gasteiger partial charge is 0.493 e. The molecule has 40 heavy (non-hydrogen) atoms. The summed E-state index contributed by atoms with van der Waals surface area (Å²) in [5, 5.41) is 8.51. The molecule has 0 saturated heterocycles. The van der Waals surface area contributed by atoms with E-state index in [1.54, 1.807) is 18.8 Å². The second kappa shape index (κ2) is 10.00. The third kappa shape index (κ3) is 4.10. The molecule has 0 amide bonds. The number of benzene rings is 3. The number of rotatable bonds is 6. The van der Waals surface area contributed by atoms with Crippen LogP contribution in [0.15, 0.2) is 86.6 Å². The molecule has 0 bridgehead atoms. The Morgan fingerprint density at radius 3 is 2.48 bits per heavy atom. The lowest BCUT2D eigenvalue weighted by atomic mass is 9.93. The summed E-state index contributed by atoms with van der Waals surface area (Å²) in [5.41, 5.74) is 11.5. The fourth-order valence-corrected chi connectivity index (χ4v) is 5.59. The molecule has 2 aliphatic heterocycles. The summed E-state index contributed by atoms with van der Waals surface area (Å²) >= 11 is 0. The van der Waals surface area contributed by atoms with Crippen LogP contribution in [0.3, 0.4) is 0 Å². The number of para-hydroxylation sites is 1. The smallest absolute Gasteiger partial charge is 0.263 e. The van der Waals surface area contributed by atoms with Crippen molar-refractivity contribution >= 4 is 28.7 Å². The van der Waals surface area contributed by atoms with Gasteiger partial charge < -0.3 is 15.2 Å². The predicted octanol–water partition coefficient (Wildman–Crippen LogP) is 4.19. The highest BCUT2D eigenvalue weighted by Crippen LogP contribution is 2.34. The Morgan fingerprint density at radius 1 is 0.925 bits per heavy atom. The van der Waals surface area contributed by atoms with Crippen molar-refractivity contribution in [1.82, 2.24) is 9.58 Å². The first-order valence-electron chi connectivity index (χ1n) is 13.0. The zero-order chi connectivity index (χ0) is 28.0. The van der Waals surface area contributed by atoms with E-state index in [1.165, 1.54) is 6.34 Å². The third-order valence-corrected chi connectivity index (χ3v) is 7.57. The van der Waals surface area contributed by atoms with Crippen molar-refractivity contribution in [2.45, 2.75) is 26.6 Å². The lowest BCUT2D eigenvalue weighted by Gasteiger charge is -2.27. The molecule has 2 atom stereocenters. The second-order valence-corrected chi connectivity index (χ2v) is 9.96. The van der Waals surface area contributed by atoms with Crippen molar-refractivity contribution in [3.8, 4) is 17.2 Å². The molecule has 2 N–H and O–H groups in total. The zero-order valence-corrected chi connectivity index (χ0v) is 22.8. The molecule has 9 heteroatoms. The maximum atomic E-state index is 14.1. The van der Waals surface area contributed by atoms with Gasteiger partial charge in [0, 0.05) is 11.3 Å². The van der Waals surface area contributed by atoms with Gasteiger partial charge in [-0.05, 0) is 60.7 Å². The Morgan fingerprint density at radius 2 is 1.70 bits per heavy atom. The average Bonchev–Trinajstić information content (AvgIpc) is 3.33. The lowest BCUT2D eigenvalue weighted by molar-refractivity contribution is 0.210. The van der Waals surface area contributed by atoms with E-state index < -0.39 is 6.17 Å². The van der Waals surface area contributed by atoms with Crippen LogP contribution in [0.25, 0.3) is 16.5 Å². The first kappa shape index (κ1) is 25.4. The highest BCUT2D eigenvalue weighted by Gasteiger charge is 2.42. The number of methoxy groups -OCH3 is 2. The summed E-state index contributed by atoms with van der Waals surface area (Å²) in [5.74, 6) is 1.28. The Hall–Kier alpha value is -4.92. The minimum atomic E-state index is -0.408. The molecule has 1 aromatic heterocycles. The normalized spacial score (nSPS) is 17.9. The van der Waals surface area contributed by atoms with Gasteiger partial charge in [0.15, 0.2) is 17.7 Å². The maximum Gasteiger partial charge on any atom is 0.263 e. The quantitative estimate of drug-likeness (QED) is 0.399. The molecule has 0 aliphatic carbocycles. The number of hydrogen-bond donors (Lipinski definition) is 1. The van der Waals surface area contributed by atoms with Crippen LogP contribution < -0.4 is 20.8 Å². The summed E-state index contributed by atoms with van der Waals surface area (Å²) in [7, 11) is 3.20. The molecule has 2 unspecified atom stereocenters. The van der Waals surface area contributed by atoms with Crippen molar-refractivity contribution in [3.05, 3.63) is 99.5 Å². The van der Waals surface area contributed by atoms with Crippen LogP contribution >= 0.6 is 0 Å². The highest BCUT2D eigenvalue weighted by atomic mass is 16.5. The summed E-state index contributed by atoms with van der Waals surface area (Å²) in [6.07, 6.45) is 1.07. The average molecular weight is 535 g/mol. The number of fused-ring (bicyclic) bond motifs is 2. The van der Waals surface area contributed by atoms with Gasteiger partial charge in [-0.2, -0.15) is 5.10 Å². The maximum absolute atomic E-state index is 14.1. The number of amidine groups is 1. The molecular formula is C31H30N6O3. The molecule has 9 nitrogen and oxygen atoms in total. The van der Waals surface area contributed by atoms with E-state index in [0.29, 0.717) is 29.3 Å². The first-order chi connectivity index (χ1) is 19.4. The SMILES string of the molecule is COc1ccc(C2=NN(Cc3cc4cccc(C)c4c(=O)n3-c3ccccc3C)C3N=CN=C(N)C23)cc1OC. The van der Waals surface area contributed by atoms with E-state index in [2.05, 4.69) is 16.1 Å². The van der Waals surface area contributed by atoms with Crippen LogP contribution in [0.2, 0.25) is 0 Å². The van der Waals surface area contributed by atoms with E-state index in [0.717, 1.165) is 39.2 Å². The molecular weight excluding hydrogens is 504 g/mol. The molecule has 0 radical (unpaired) electrons. The van der Waals surface area contributed by atoms with Gasteiger partial charge in [-0.1, -0.05) is 36.4 Å². The molecule has 0 fully saturated rings. The van der Waals surface area contributed by atoms with Gasteiger partial charge in [-0.15, -0.1) is 0 Å². The monoisotopic (exact) mass is 534 g/mol. The van der Waals surface area contributed by atoms with E-state index >= 15 is 0 Å². The summed E-state index contributed by atoms with van der Waals surface area (Å²) < 4.78 is 12.8. The van der Waals surface area contributed by atoms with Gasteiger partial charge in [0.2, 0.25) is 0 Å². The van der Waals surface area contributed by atoms with E-state index in [1.807, 2.05) is 79.5 Å². The van der Waals surface area contributed by atoms with Crippen LogP contribution in [0.1, 0.15) is 22.4 Å². The Balaban J connectivity index is 1.51. The molecule has 3 aromatic carbocycles. The molecule has 0 spiro atoms. The fourth-order valence-electron chi connectivity index (χ4n) is 5.59. The molecule has 2 aliphatic rings. The summed E-state index contributed by atoms with van der Waals surface area (Å²) in [6, 6.07) is 21.5. The lowest BCUT2D eigenvalue weighted by Crippen LogP contribution is -2.42. The Labute approximate surface area is 231 Å². The highest BCUT2D eigenvalue weighted by molar-refractivity contribution is 6.17. The van der Waals surface area contributed by atoms with Crippen molar-refractivity contribution in [3.63, 3.8) is 0 Å². The van der Waals surface area contributed by atoms with Gasteiger partial charge >= 0.3 is 0 Å². The van der Waals surface area contributed by atoms with Crippen molar-refractivity contribution in [1.29, 1.82) is 0 Å². The van der Waals surface area contributed by atoms with E-state index in [4.69, 9.17) is 20.3 Å². The van der Waals surface area contributed by atoms with Gasteiger partial charge in [0.05, 0.1) is 37.5 Å². The Kier molecular flexibility index (Phi) is 6.34. The number of aliphatic imine (C=N–C) groups is 2. The number of nitrogens with two attached hydrogens (primary N) is 1. The predicted molar refractivity (Wildman–Crippen MR) is 158 cm³/mol. The van der Waals surface area contributed by atoms with E-state index in [9.17, 15) is 4.79 Å². The van der Waals surface area contributed by atoms with Crippen LogP contribution in [-0.2, 0) is 6.54 Å². The van der Waals surface area contributed by atoms with Gasteiger partial charge in [-0.25, -0.2) is 9.98 Å². The van der Waals surface area contributed by atoms with Gasteiger partial charge in [0.1, 0.15) is 18.1 Å². The third-order valence-electron chi connectivity index (χ3n) is 7.57. The first-order valence-corrected chi connectivity index (χ1v) is 13.0. The number of aromatic nitrogens is 1. The minimum absolute atomic E-state index is 0.0621.